The maximum absolute atomic E-state index is 11.6. The highest BCUT2D eigenvalue weighted by Crippen LogP contribution is 2.19. The van der Waals surface area contributed by atoms with E-state index in [1.54, 1.807) is 6.07 Å². The molecular weight excluding hydrogens is 270 g/mol. The van der Waals surface area contributed by atoms with Gasteiger partial charge in [0.1, 0.15) is 5.75 Å². The molecule has 1 aromatic rings. The van der Waals surface area contributed by atoms with Crippen LogP contribution in [0.3, 0.4) is 0 Å². The molecule has 0 aliphatic rings. The van der Waals surface area contributed by atoms with E-state index in [1.165, 1.54) is 43.9 Å². The molecule has 0 aliphatic heterocycles. The van der Waals surface area contributed by atoms with Crippen molar-refractivity contribution in [2.24, 2.45) is 0 Å². The number of nitrogens with zero attached hydrogens (tertiary/aromatic N) is 1. The molecule has 0 spiro atoms. The summed E-state index contributed by atoms with van der Waals surface area (Å²) in [6.07, 6.45) is 8.31. The topological polar surface area (TPSA) is 69.4 Å². The summed E-state index contributed by atoms with van der Waals surface area (Å²) in [6.45, 7) is 2.18. The summed E-state index contributed by atoms with van der Waals surface area (Å²) in [5, 5.41) is 10.6. The number of carbonyl (C=O) groups is 1. The Morgan fingerprint density at radius 3 is 2.48 bits per heavy atom. The molecule has 21 heavy (non-hydrogen) atoms. The Labute approximate surface area is 125 Å². The Balaban J connectivity index is 2.21. The molecule has 0 saturated heterocycles. The van der Waals surface area contributed by atoms with Crippen molar-refractivity contribution in [3.63, 3.8) is 0 Å². The van der Waals surface area contributed by atoms with Gasteiger partial charge in [0.25, 0.3) is 5.69 Å². The van der Waals surface area contributed by atoms with Crippen LogP contribution in [0.15, 0.2) is 24.3 Å². The lowest BCUT2D eigenvalue weighted by molar-refractivity contribution is -0.384. The quantitative estimate of drug-likeness (QED) is 0.207. The molecule has 5 nitrogen and oxygen atoms in total. The van der Waals surface area contributed by atoms with Gasteiger partial charge in [-0.1, -0.05) is 51.5 Å². The second-order valence-corrected chi connectivity index (χ2v) is 5.10. The zero-order valence-electron chi connectivity index (χ0n) is 12.5. The van der Waals surface area contributed by atoms with Crippen LogP contribution >= 0.6 is 0 Å². The molecule has 0 fully saturated rings. The average Bonchev–Trinajstić information content (AvgIpc) is 2.46. The number of esters is 1. The first kappa shape index (κ1) is 17.1. The average molecular weight is 293 g/mol. The van der Waals surface area contributed by atoms with Crippen LogP contribution < -0.4 is 4.74 Å². The van der Waals surface area contributed by atoms with E-state index in [2.05, 4.69) is 6.92 Å². The smallest absolute Gasteiger partial charge is 0.311 e. The number of non-ortho nitro benzene ring substituents is 1. The van der Waals surface area contributed by atoms with Gasteiger partial charge in [-0.05, 0) is 12.5 Å². The lowest BCUT2D eigenvalue weighted by Crippen LogP contribution is -2.07. The van der Waals surface area contributed by atoms with Crippen molar-refractivity contribution in [3.8, 4) is 5.75 Å². The van der Waals surface area contributed by atoms with Gasteiger partial charge in [0.05, 0.1) is 11.0 Å². The Morgan fingerprint density at radius 2 is 1.81 bits per heavy atom. The summed E-state index contributed by atoms with van der Waals surface area (Å²) < 4.78 is 5.11. The molecule has 0 unspecified atom stereocenters. The Hall–Kier alpha value is -1.91. The van der Waals surface area contributed by atoms with Crippen LogP contribution in [0.2, 0.25) is 0 Å². The van der Waals surface area contributed by atoms with Crippen molar-refractivity contribution in [1.82, 2.24) is 0 Å². The van der Waals surface area contributed by atoms with Gasteiger partial charge in [-0.2, -0.15) is 0 Å². The van der Waals surface area contributed by atoms with E-state index in [0.29, 0.717) is 6.42 Å². The first-order valence-electron chi connectivity index (χ1n) is 7.58. The second-order valence-electron chi connectivity index (χ2n) is 5.10. The number of carbonyl (C=O) groups excluding carboxylic acids is 1. The number of hydrogen-bond donors (Lipinski definition) is 0. The molecular formula is C16H23NO4. The third kappa shape index (κ3) is 7.44. The van der Waals surface area contributed by atoms with Crippen molar-refractivity contribution in [3.05, 3.63) is 34.4 Å². The summed E-state index contributed by atoms with van der Waals surface area (Å²) in [6, 6.07) is 5.69. The first-order valence-corrected chi connectivity index (χ1v) is 7.58. The molecule has 0 heterocycles. The van der Waals surface area contributed by atoms with E-state index in [-0.39, 0.29) is 17.4 Å². The minimum atomic E-state index is -0.506. The number of nitro benzene ring substituents is 1. The van der Waals surface area contributed by atoms with Crippen LogP contribution in [0.4, 0.5) is 5.69 Å². The molecule has 5 heteroatoms. The Morgan fingerprint density at radius 1 is 1.14 bits per heavy atom. The van der Waals surface area contributed by atoms with Gasteiger partial charge in [-0.3, -0.25) is 14.9 Å². The van der Waals surface area contributed by atoms with Crippen LogP contribution in [0.25, 0.3) is 0 Å². The van der Waals surface area contributed by atoms with Crippen LogP contribution in [0.1, 0.15) is 58.3 Å². The summed E-state index contributed by atoms with van der Waals surface area (Å²) in [4.78, 5) is 21.8. The zero-order chi connectivity index (χ0) is 15.5. The Bertz CT molecular complexity index is 459. The summed E-state index contributed by atoms with van der Waals surface area (Å²) in [5.41, 5.74) is -0.0729. The highest BCUT2D eigenvalue weighted by molar-refractivity contribution is 5.72. The van der Waals surface area contributed by atoms with E-state index in [1.807, 2.05) is 0 Å². The number of hydrogen-bond acceptors (Lipinski definition) is 4. The molecule has 0 atom stereocenters. The lowest BCUT2D eigenvalue weighted by Gasteiger charge is -2.04. The van der Waals surface area contributed by atoms with Crippen LogP contribution in [-0.4, -0.2) is 10.9 Å². The first-order chi connectivity index (χ1) is 10.1. The fraction of sp³-hybridized carbons (Fsp3) is 0.562. The van der Waals surface area contributed by atoms with Crippen molar-refractivity contribution in [2.75, 3.05) is 0 Å². The van der Waals surface area contributed by atoms with Gasteiger partial charge in [0.15, 0.2) is 0 Å². The standard InChI is InChI=1S/C16H23NO4/c1-2-3-4-5-6-7-8-12-16(18)21-15-11-9-10-14(13-15)17(19)20/h9-11,13H,2-8,12H2,1H3. The molecule has 116 valence electrons. The van der Waals surface area contributed by atoms with Crippen LogP contribution in [-0.2, 0) is 4.79 Å². The van der Waals surface area contributed by atoms with Gasteiger partial charge in [-0.25, -0.2) is 0 Å². The minimum absolute atomic E-state index is 0.0729. The monoisotopic (exact) mass is 293 g/mol. The zero-order valence-corrected chi connectivity index (χ0v) is 12.5. The summed E-state index contributed by atoms with van der Waals surface area (Å²) >= 11 is 0. The predicted octanol–water partition coefficient (Wildman–Crippen LogP) is 4.64. The lowest BCUT2D eigenvalue weighted by atomic mass is 10.1. The summed E-state index contributed by atoms with van der Waals surface area (Å²) in [5.74, 6) is -0.0961. The Kier molecular flexibility index (Phi) is 8.09. The van der Waals surface area contributed by atoms with Crippen molar-refractivity contribution >= 4 is 11.7 Å². The molecule has 0 aliphatic carbocycles. The number of rotatable bonds is 10. The number of ether oxygens (including phenoxy) is 1. The molecule has 0 amide bonds. The van der Waals surface area contributed by atoms with Gasteiger partial charge in [0, 0.05) is 12.5 Å². The minimum Gasteiger partial charge on any atom is -0.426 e. The van der Waals surface area contributed by atoms with Gasteiger partial charge >= 0.3 is 5.97 Å². The third-order valence-electron chi connectivity index (χ3n) is 3.24. The molecule has 0 aromatic heterocycles. The van der Waals surface area contributed by atoms with Crippen LogP contribution in [0.5, 0.6) is 5.75 Å². The van der Waals surface area contributed by atoms with E-state index in [9.17, 15) is 14.9 Å². The molecule has 1 rings (SSSR count). The van der Waals surface area contributed by atoms with E-state index in [0.717, 1.165) is 19.3 Å². The van der Waals surface area contributed by atoms with E-state index < -0.39 is 4.92 Å². The molecule has 0 bridgehead atoms. The maximum Gasteiger partial charge on any atom is 0.311 e. The summed E-state index contributed by atoms with van der Waals surface area (Å²) in [7, 11) is 0. The largest absolute Gasteiger partial charge is 0.426 e. The van der Waals surface area contributed by atoms with Gasteiger partial charge in [-0.15, -0.1) is 0 Å². The number of unbranched alkanes of at least 4 members (excludes halogenated alkanes) is 6. The molecule has 0 saturated carbocycles. The molecule has 0 N–H and O–H groups in total. The molecule has 1 aromatic carbocycles. The third-order valence-corrected chi connectivity index (χ3v) is 3.24. The normalized spacial score (nSPS) is 10.3. The van der Waals surface area contributed by atoms with Crippen molar-refractivity contribution < 1.29 is 14.5 Å². The van der Waals surface area contributed by atoms with Crippen molar-refractivity contribution in [2.45, 2.75) is 58.3 Å². The van der Waals surface area contributed by atoms with E-state index in [4.69, 9.17) is 4.74 Å². The van der Waals surface area contributed by atoms with Gasteiger partial charge < -0.3 is 4.74 Å². The van der Waals surface area contributed by atoms with Gasteiger partial charge in [0.2, 0.25) is 0 Å². The predicted molar refractivity (Wildman–Crippen MR) is 81.3 cm³/mol. The number of nitro groups is 1. The SMILES string of the molecule is CCCCCCCCCC(=O)Oc1cccc([N+](=O)[O-])c1. The number of benzene rings is 1. The van der Waals surface area contributed by atoms with E-state index >= 15 is 0 Å². The highest BCUT2D eigenvalue weighted by Gasteiger charge is 2.09. The second kappa shape index (κ2) is 9.91. The fourth-order valence-electron chi connectivity index (χ4n) is 2.07. The highest BCUT2D eigenvalue weighted by atomic mass is 16.6. The maximum atomic E-state index is 11.6. The molecule has 0 radical (unpaired) electrons. The van der Waals surface area contributed by atoms with Crippen LogP contribution in [0, 0.1) is 10.1 Å². The van der Waals surface area contributed by atoms with Crippen molar-refractivity contribution in [1.29, 1.82) is 0 Å². The fourth-order valence-corrected chi connectivity index (χ4v) is 2.07.